The summed E-state index contributed by atoms with van der Waals surface area (Å²) in [6.45, 7) is 4.88. The Morgan fingerprint density at radius 3 is 2.95 bits per heavy atom. The molecule has 116 valence electrons. The third-order valence-electron chi connectivity index (χ3n) is 4.59. The van der Waals surface area contributed by atoms with Crippen LogP contribution in [0, 0.1) is 12.8 Å². The quantitative estimate of drug-likeness (QED) is 0.831. The van der Waals surface area contributed by atoms with Gasteiger partial charge in [-0.2, -0.15) is 5.10 Å². The molecule has 3 rings (SSSR count). The van der Waals surface area contributed by atoms with E-state index >= 15 is 0 Å². The molecular formula is C15H23N3O3. The van der Waals surface area contributed by atoms with E-state index in [0.29, 0.717) is 24.7 Å². The van der Waals surface area contributed by atoms with Crippen molar-refractivity contribution in [1.82, 2.24) is 14.7 Å². The summed E-state index contributed by atoms with van der Waals surface area (Å²) in [6.07, 6.45) is 2.06. The van der Waals surface area contributed by atoms with Gasteiger partial charge in [0, 0.05) is 26.5 Å². The van der Waals surface area contributed by atoms with Gasteiger partial charge in [0.2, 0.25) is 0 Å². The van der Waals surface area contributed by atoms with Crippen molar-refractivity contribution >= 4 is 5.91 Å². The maximum Gasteiger partial charge on any atom is 0.274 e. The minimum atomic E-state index is -0.113. The Bertz CT molecular complexity index is 515. The van der Waals surface area contributed by atoms with Gasteiger partial charge in [-0.05, 0) is 31.7 Å². The van der Waals surface area contributed by atoms with Crippen LogP contribution in [-0.2, 0) is 16.5 Å². The van der Waals surface area contributed by atoms with Crippen molar-refractivity contribution in [2.75, 3.05) is 33.4 Å². The number of likely N-dealkylation sites (tertiary alicyclic amines) is 1. The summed E-state index contributed by atoms with van der Waals surface area (Å²) in [5.41, 5.74) is 1.40. The second-order valence-electron chi connectivity index (χ2n) is 6.30. The summed E-state index contributed by atoms with van der Waals surface area (Å²) < 4.78 is 12.8. The molecular weight excluding hydrogens is 270 g/mol. The van der Waals surface area contributed by atoms with E-state index in [-0.39, 0.29) is 11.5 Å². The fourth-order valence-electron chi connectivity index (χ4n) is 3.25. The molecule has 0 radical (unpaired) electrons. The van der Waals surface area contributed by atoms with Crippen LogP contribution in [0.15, 0.2) is 6.07 Å². The number of amides is 1. The highest BCUT2D eigenvalue weighted by Gasteiger charge is 2.51. The largest absolute Gasteiger partial charge is 0.385 e. The smallest absolute Gasteiger partial charge is 0.274 e. The number of aromatic nitrogens is 2. The standard InChI is InChI=1S/C15H23N3O3/c1-11-6-13(16-17(11)2)14(19)18-9-15(10-18)7-12(8-21-15)4-5-20-3/h6,12H,4-5,7-10H2,1-3H3. The summed E-state index contributed by atoms with van der Waals surface area (Å²) in [7, 11) is 3.58. The molecule has 1 spiro atoms. The molecule has 2 fully saturated rings. The lowest BCUT2D eigenvalue weighted by molar-refractivity contribution is -0.0952. The molecule has 2 saturated heterocycles. The lowest BCUT2D eigenvalue weighted by Crippen LogP contribution is -2.63. The third kappa shape index (κ3) is 2.70. The van der Waals surface area contributed by atoms with Crippen molar-refractivity contribution in [2.24, 2.45) is 13.0 Å². The molecule has 0 N–H and O–H groups in total. The molecule has 0 aromatic carbocycles. The van der Waals surface area contributed by atoms with E-state index in [9.17, 15) is 4.79 Å². The first-order chi connectivity index (χ1) is 10.0. The number of aryl methyl sites for hydroxylation is 2. The van der Waals surface area contributed by atoms with Crippen LogP contribution >= 0.6 is 0 Å². The van der Waals surface area contributed by atoms with Crippen LogP contribution in [0.4, 0.5) is 0 Å². The number of rotatable bonds is 4. The average Bonchev–Trinajstić information content (AvgIpc) is 2.99. The second kappa shape index (κ2) is 5.42. The molecule has 6 heteroatoms. The van der Waals surface area contributed by atoms with Crippen LogP contribution in [0.2, 0.25) is 0 Å². The van der Waals surface area contributed by atoms with Gasteiger partial charge in [0.25, 0.3) is 5.91 Å². The highest BCUT2D eigenvalue weighted by molar-refractivity contribution is 5.93. The summed E-state index contributed by atoms with van der Waals surface area (Å²) >= 11 is 0. The zero-order chi connectivity index (χ0) is 15.0. The number of hydrogen-bond acceptors (Lipinski definition) is 4. The molecule has 0 aliphatic carbocycles. The first-order valence-electron chi connectivity index (χ1n) is 7.46. The molecule has 0 saturated carbocycles. The monoisotopic (exact) mass is 293 g/mol. The van der Waals surface area contributed by atoms with Gasteiger partial charge in [0.15, 0.2) is 5.69 Å². The summed E-state index contributed by atoms with van der Waals surface area (Å²) in [6, 6.07) is 1.84. The molecule has 3 heterocycles. The Kier molecular flexibility index (Phi) is 3.75. The van der Waals surface area contributed by atoms with Crippen LogP contribution in [0.3, 0.4) is 0 Å². The van der Waals surface area contributed by atoms with E-state index in [1.807, 2.05) is 24.9 Å². The van der Waals surface area contributed by atoms with Crippen molar-refractivity contribution in [3.63, 3.8) is 0 Å². The Morgan fingerprint density at radius 1 is 1.57 bits per heavy atom. The topological polar surface area (TPSA) is 56.6 Å². The molecule has 2 aliphatic rings. The predicted octanol–water partition coefficient (Wildman–Crippen LogP) is 0.996. The predicted molar refractivity (Wildman–Crippen MR) is 77.1 cm³/mol. The Morgan fingerprint density at radius 2 is 2.33 bits per heavy atom. The lowest BCUT2D eigenvalue weighted by atomic mass is 9.86. The molecule has 1 amide bonds. The minimum absolute atomic E-state index is 0.00765. The van der Waals surface area contributed by atoms with Gasteiger partial charge in [-0.25, -0.2) is 0 Å². The summed E-state index contributed by atoms with van der Waals surface area (Å²) in [5.74, 6) is 0.563. The molecule has 0 bridgehead atoms. The van der Waals surface area contributed by atoms with E-state index in [0.717, 1.165) is 31.7 Å². The fraction of sp³-hybridized carbons (Fsp3) is 0.733. The third-order valence-corrected chi connectivity index (χ3v) is 4.59. The molecule has 1 unspecified atom stereocenters. The lowest BCUT2D eigenvalue weighted by Gasteiger charge is -2.46. The van der Waals surface area contributed by atoms with Crippen LogP contribution < -0.4 is 0 Å². The summed E-state index contributed by atoms with van der Waals surface area (Å²) in [4.78, 5) is 14.2. The zero-order valence-corrected chi connectivity index (χ0v) is 13.0. The number of hydrogen-bond donors (Lipinski definition) is 0. The number of carbonyl (C=O) groups excluding carboxylic acids is 1. The second-order valence-corrected chi connectivity index (χ2v) is 6.30. The molecule has 1 atom stereocenters. The maximum absolute atomic E-state index is 12.4. The Hall–Kier alpha value is -1.40. The maximum atomic E-state index is 12.4. The molecule has 21 heavy (non-hydrogen) atoms. The van der Waals surface area contributed by atoms with E-state index in [4.69, 9.17) is 9.47 Å². The zero-order valence-electron chi connectivity index (χ0n) is 13.0. The number of ether oxygens (including phenoxy) is 2. The van der Waals surface area contributed by atoms with Gasteiger partial charge in [-0.15, -0.1) is 0 Å². The average molecular weight is 293 g/mol. The molecule has 6 nitrogen and oxygen atoms in total. The fourth-order valence-corrected chi connectivity index (χ4v) is 3.25. The first-order valence-corrected chi connectivity index (χ1v) is 7.46. The molecule has 1 aromatic heterocycles. The number of nitrogens with zero attached hydrogens (tertiary/aromatic N) is 3. The van der Waals surface area contributed by atoms with Crippen LogP contribution in [0.25, 0.3) is 0 Å². The van der Waals surface area contributed by atoms with E-state index in [1.54, 1.807) is 11.8 Å². The van der Waals surface area contributed by atoms with Gasteiger partial charge in [-0.3, -0.25) is 9.48 Å². The summed E-state index contributed by atoms with van der Waals surface area (Å²) in [5, 5.41) is 4.25. The van der Waals surface area contributed by atoms with E-state index in [2.05, 4.69) is 5.10 Å². The van der Waals surface area contributed by atoms with Crippen LogP contribution in [0.1, 0.15) is 29.0 Å². The Balaban J connectivity index is 1.55. The van der Waals surface area contributed by atoms with Crippen molar-refractivity contribution in [1.29, 1.82) is 0 Å². The van der Waals surface area contributed by atoms with E-state index in [1.165, 1.54) is 0 Å². The van der Waals surface area contributed by atoms with Crippen molar-refractivity contribution in [3.05, 3.63) is 17.5 Å². The van der Waals surface area contributed by atoms with Gasteiger partial charge < -0.3 is 14.4 Å². The first kappa shape index (κ1) is 14.5. The van der Waals surface area contributed by atoms with Gasteiger partial charge in [0.1, 0.15) is 5.60 Å². The molecule has 2 aliphatic heterocycles. The SMILES string of the molecule is COCCC1COC2(C1)CN(C(=O)c1cc(C)n(C)n1)C2. The van der Waals surface area contributed by atoms with Gasteiger partial charge in [0.05, 0.1) is 19.7 Å². The van der Waals surface area contributed by atoms with Crippen molar-refractivity contribution < 1.29 is 14.3 Å². The Labute approximate surface area is 125 Å². The highest BCUT2D eigenvalue weighted by atomic mass is 16.5. The van der Waals surface area contributed by atoms with E-state index < -0.39 is 0 Å². The van der Waals surface area contributed by atoms with Crippen molar-refractivity contribution in [3.8, 4) is 0 Å². The number of carbonyl (C=O) groups is 1. The highest BCUT2D eigenvalue weighted by Crippen LogP contribution is 2.39. The van der Waals surface area contributed by atoms with Crippen molar-refractivity contribution in [2.45, 2.75) is 25.4 Å². The van der Waals surface area contributed by atoms with Gasteiger partial charge >= 0.3 is 0 Å². The normalized spacial score (nSPS) is 23.6. The molecule has 1 aromatic rings. The minimum Gasteiger partial charge on any atom is -0.385 e. The van der Waals surface area contributed by atoms with Crippen LogP contribution in [0.5, 0.6) is 0 Å². The van der Waals surface area contributed by atoms with Gasteiger partial charge in [-0.1, -0.05) is 0 Å². The number of methoxy groups -OCH3 is 1. The van der Waals surface area contributed by atoms with Crippen LogP contribution in [-0.4, -0.2) is 59.6 Å².